The van der Waals surface area contributed by atoms with Crippen molar-refractivity contribution in [2.24, 2.45) is 0 Å². The Morgan fingerprint density at radius 2 is 1.93 bits per heavy atom. The van der Waals surface area contributed by atoms with E-state index >= 15 is 0 Å². The van der Waals surface area contributed by atoms with Gasteiger partial charge >= 0.3 is 0 Å². The second-order valence-electron chi connectivity index (χ2n) is 7.89. The number of likely N-dealkylation sites (tertiary alicyclic amines) is 1. The molecule has 4 nitrogen and oxygen atoms in total. The van der Waals surface area contributed by atoms with Crippen molar-refractivity contribution in [3.63, 3.8) is 0 Å². The van der Waals surface area contributed by atoms with Gasteiger partial charge in [-0.2, -0.15) is 0 Å². The van der Waals surface area contributed by atoms with E-state index in [0.29, 0.717) is 12.1 Å². The summed E-state index contributed by atoms with van der Waals surface area (Å²) in [6.45, 7) is 3.70. The summed E-state index contributed by atoms with van der Waals surface area (Å²) in [6.07, 6.45) is 4.74. The minimum atomic E-state index is -0.386. The van der Waals surface area contributed by atoms with Gasteiger partial charge in [-0.1, -0.05) is 24.6 Å². The van der Waals surface area contributed by atoms with Gasteiger partial charge in [-0.3, -0.25) is 9.69 Å². The quantitative estimate of drug-likeness (QED) is 0.856. The number of nitrogens with one attached hydrogen (secondary N) is 1. The number of anilines is 1. The molecule has 2 aromatic carbocycles. The van der Waals surface area contributed by atoms with Crippen LogP contribution in [0.3, 0.4) is 0 Å². The second kappa shape index (κ2) is 8.31. The van der Waals surface area contributed by atoms with Crippen molar-refractivity contribution in [3.05, 3.63) is 65.0 Å². The summed E-state index contributed by atoms with van der Waals surface area (Å²) in [6, 6.07) is 12.7. The lowest BCUT2D eigenvalue weighted by molar-refractivity contribution is 0.0924. The third-order valence-corrected chi connectivity index (χ3v) is 5.99. The lowest BCUT2D eigenvalue weighted by Crippen LogP contribution is -2.40. The van der Waals surface area contributed by atoms with E-state index in [9.17, 15) is 9.18 Å². The Morgan fingerprint density at radius 3 is 2.71 bits per heavy atom. The van der Waals surface area contributed by atoms with Gasteiger partial charge in [-0.05, 0) is 67.7 Å². The highest BCUT2D eigenvalue weighted by atomic mass is 19.1. The van der Waals surface area contributed by atoms with Crippen LogP contribution >= 0.6 is 0 Å². The molecule has 148 valence electrons. The van der Waals surface area contributed by atoms with E-state index in [2.05, 4.69) is 40.4 Å². The number of benzene rings is 2. The van der Waals surface area contributed by atoms with Crippen LogP contribution in [0.1, 0.15) is 46.8 Å². The van der Waals surface area contributed by atoms with Gasteiger partial charge < -0.3 is 10.2 Å². The van der Waals surface area contributed by atoms with E-state index in [1.165, 1.54) is 48.2 Å². The van der Waals surface area contributed by atoms with Gasteiger partial charge in [0.25, 0.3) is 5.91 Å². The zero-order chi connectivity index (χ0) is 19.5. The van der Waals surface area contributed by atoms with Crippen LogP contribution in [0.2, 0.25) is 0 Å². The molecule has 5 heteroatoms. The van der Waals surface area contributed by atoms with Gasteiger partial charge in [0.15, 0.2) is 0 Å². The average molecular weight is 381 g/mol. The van der Waals surface area contributed by atoms with Gasteiger partial charge in [-0.25, -0.2) is 4.39 Å². The van der Waals surface area contributed by atoms with Gasteiger partial charge in [-0.15, -0.1) is 0 Å². The van der Waals surface area contributed by atoms with Gasteiger partial charge in [0.2, 0.25) is 0 Å². The molecular weight excluding hydrogens is 353 g/mol. The standard InChI is InChI=1S/C23H28FN3O/c1-26-13-10-18-14-17(8-9-21(18)26)22(27-11-3-2-4-12-27)16-25-23(28)19-6-5-7-20(24)15-19/h5-9,14-15,22H,2-4,10-13,16H2,1H3,(H,25,28). The van der Waals surface area contributed by atoms with Gasteiger partial charge in [0.05, 0.1) is 6.04 Å². The molecule has 2 aliphatic heterocycles. The third-order valence-electron chi connectivity index (χ3n) is 5.99. The molecule has 0 radical (unpaired) electrons. The van der Waals surface area contributed by atoms with E-state index in [4.69, 9.17) is 0 Å². The highest BCUT2D eigenvalue weighted by molar-refractivity contribution is 5.94. The monoisotopic (exact) mass is 381 g/mol. The molecule has 2 aromatic rings. The van der Waals surface area contributed by atoms with E-state index in [1.54, 1.807) is 12.1 Å². The summed E-state index contributed by atoms with van der Waals surface area (Å²) in [7, 11) is 2.13. The van der Waals surface area contributed by atoms with E-state index < -0.39 is 0 Å². The summed E-state index contributed by atoms with van der Waals surface area (Å²) in [5, 5.41) is 3.04. The molecule has 0 spiro atoms. The average Bonchev–Trinajstić information content (AvgIpc) is 3.09. The van der Waals surface area contributed by atoms with Crippen LogP contribution in [-0.2, 0) is 6.42 Å². The molecule has 0 aromatic heterocycles. The van der Waals surface area contributed by atoms with Crippen molar-refractivity contribution in [1.82, 2.24) is 10.2 Å². The fourth-order valence-corrected chi connectivity index (χ4v) is 4.40. The maximum atomic E-state index is 13.4. The topological polar surface area (TPSA) is 35.6 Å². The molecule has 1 amide bonds. The number of rotatable bonds is 5. The Morgan fingerprint density at radius 1 is 1.11 bits per heavy atom. The number of carbonyl (C=O) groups is 1. The largest absolute Gasteiger partial charge is 0.374 e. The molecule has 1 atom stereocenters. The first-order chi connectivity index (χ1) is 13.6. The summed E-state index contributed by atoms with van der Waals surface area (Å²) >= 11 is 0. The summed E-state index contributed by atoms with van der Waals surface area (Å²) in [5.41, 5.74) is 4.33. The molecule has 28 heavy (non-hydrogen) atoms. The molecular formula is C23H28FN3O. The van der Waals surface area contributed by atoms with Gasteiger partial charge in [0.1, 0.15) is 5.82 Å². The highest BCUT2D eigenvalue weighted by Gasteiger charge is 2.25. The lowest BCUT2D eigenvalue weighted by atomic mass is 9.98. The minimum absolute atomic E-state index is 0.147. The molecule has 2 aliphatic rings. The molecule has 0 aliphatic carbocycles. The number of fused-ring (bicyclic) bond motifs is 1. The molecule has 1 N–H and O–H groups in total. The first-order valence-electron chi connectivity index (χ1n) is 10.2. The number of carbonyl (C=O) groups excluding carboxylic acids is 1. The highest BCUT2D eigenvalue weighted by Crippen LogP contribution is 2.32. The summed E-state index contributed by atoms with van der Waals surface area (Å²) in [4.78, 5) is 17.3. The van der Waals surface area contributed by atoms with Crippen molar-refractivity contribution in [2.45, 2.75) is 31.7 Å². The number of halogens is 1. The number of likely N-dealkylation sites (N-methyl/N-ethyl adjacent to an activating group) is 1. The maximum Gasteiger partial charge on any atom is 0.251 e. The Kier molecular flexibility index (Phi) is 5.62. The van der Waals surface area contributed by atoms with Crippen LogP contribution in [0.4, 0.5) is 10.1 Å². The predicted molar refractivity (Wildman–Crippen MR) is 110 cm³/mol. The molecule has 1 fully saturated rings. The van der Waals surface area contributed by atoms with Crippen LogP contribution in [0.15, 0.2) is 42.5 Å². The van der Waals surface area contributed by atoms with Crippen LogP contribution in [0, 0.1) is 5.82 Å². The van der Waals surface area contributed by atoms with Crippen LogP contribution in [0.5, 0.6) is 0 Å². The normalized spacial score (nSPS) is 18.0. The smallest absolute Gasteiger partial charge is 0.251 e. The Balaban J connectivity index is 1.53. The number of hydrogen-bond donors (Lipinski definition) is 1. The number of hydrogen-bond acceptors (Lipinski definition) is 3. The lowest BCUT2D eigenvalue weighted by Gasteiger charge is -2.35. The summed E-state index contributed by atoms with van der Waals surface area (Å²) < 4.78 is 13.4. The number of piperidine rings is 1. The molecule has 0 bridgehead atoms. The van der Waals surface area contributed by atoms with E-state index in [1.807, 2.05) is 0 Å². The Bertz CT molecular complexity index is 847. The Labute approximate surface area is 166 Å². The zero-order valence-corrected chi connectivity index (χ0v) is 16.5. The molecule has 1 saturated heterocycles. The summed E-state index contributed by atoms with van der Waals surface area (Å²) in [5.74, 6) is -0.606. The second-order valence-corrected chi connectivity index (χ2v) is 7.89. The van der Waals surface area contributed by atoms with Crippen molar-refractivity contribution < 1.29 is 9.18 Å². The van der Waals surface area contributed by atoms with Crippen LogP contribution in [0.25, 0.3) is 0 Å². The first kappa shape index (κ1) is 18.9. The third kappa shape index (κ3) is 4.04. The van der Waals surface area contributed by atoms with Crippen LogP contribution < -0.4 is 10.2 Å². The predicted octanol–water partition coefficient (Wildman–Crippen LogP) is 3.78. The van der Waals surface area contributed by atoms with Crippen molar-refractivity contribution in [1.29, 1.82) is 0 Å². The molecule has 1 unspecified atom stereocenters. The fourth-order valence-electron chi connectivity index (χ4n) is 4.40. The van der Waals surface area contributed by atoms with Crippen LogP contribution in [-0.4, -0.2) is 44.0 Å². The molecule has 4 rings (SSSR count). The first-order valence-corrected chi connectivity index (χ1v) is 10.2. The Hall–Kier alpha value is -2.40. The zero-order valence-electron chi connectivity index (χ0n) is 16.5. The maximum absolute atomic E-state index is 13.4. The minimum Gasteiger partial charge on any atom is -0.374 e. The number of nitrogens with zero attached hydrogens (tertiary/aromatic N) is 2. The SMILES string of the molecule is CN1CCc2cc(C(CNC(=O)c3cccc(F)c3)N3CCCCC3)ccc21. The van der Waals surface area contributed by atoms with E-state index in [-0.39, 0.29) is 17.8 Å². The van der Waals surface area contributed by atoms with E-state index in [0.717, 1.165) is 26.1 Å². The molecule has 0 saturated carbocycles. The van der Waals surface area contributed by atoms with Crippen molar-refractivity contribution in [2.75, 3.05) is 38.1 Å². The molecule has 2 heterocycles. The fraction of sp³-hybridized carbons (Fsp3) is 0.435. The van der Waals surface area contributed by atoms with Crippen molar-refractivity contribution >= 4 is 11.6 Å². The number of amides is 1. The van der Waals surface area contributed by atoms with Gasteiger partial charge in [0, 0.05) is 31.4 Å². The van der Waals surface area contributed by atoms with Crippen molar-refractivity contribution in [3.8, 4) is 0 Å².